The fraction of sp³-hybridized carbons (Fsp3) is 0.600. The molecule has 4 heteroatoms. The van der Waals surface area contributed by atoms with E-state index < -0.39 is 0 Å². The minimum absolute atomic E-state index is 0.308. The normalized spacial score (nSPS) is 9.67. The van der Waals surface area contributed by atoms with Crippen LogP contribution in [-0.2, 0) is 9.57 Å². The zero-order valence-electron chi connectivity index (χ0n) is 5.41. The molecule has 1 N–H and O–H groups in total. The molecule has 0 saturated carbocycles. The van der Waals surface area contributed by atoms with Crippen molar-refractivity contribution in [2.45, 2.75) is 0 Å². The molecule has 0 bridgehead atoms. The largest absolute Gasteiger partial charge is 0.500 e. The van der Waals surface area contributed by atoms with E-state index in [-0.39, 0.29) is 0 Å². The van der Waals surface area contributed by atoms with Crippen LogP contribution >= 0.6 is 0 Å². The Kier molecular flexibility index (Phi) is 5.20. The van der Waals surface area contributed by atoms with Gasteiger partial charge in [-0.25, -0.2) is 0 Å². The van der Waals surface area contributed by atoms with Gasteiger partial charge in [0.25, 0.3) is 0 Å². The molecule has 4 nitrogen and oxygen atoms in total. The third-order valence-corrected chi connectivity index (χ3v) is 0.729. The number of ether oxygens (including phenoxy) is 1. The number of hydrogen-bond acceptors (Lipinski definition) is 4. The van der Waals surface area contributed by atoms with Crippen molar-refractivity contribution >= 4 is 0 Å². The van der Waals surface area contributed by atoms with Gasteiger partial charge in [0.05, 0.1) is 19.9 Å². The average molecular weight is 133 g/mol. The van der Waals surface area contributed by atoms with E-state index in [0.29, 0.717) is 18.4 Å². The van der Waals surface area contributed by atoms with Gasteiger partial charge in [0.2, 0.25) is 0 Å². The van der Waals surface area contributed by atoms with Crippen LogP contribution < -0.4 is 0 Å². The first-order valence-electron chi connectivity index (χ1n) is 2.54. The predicted molar refractivity (Wildman–Crippen MR) is 31.7 cm³/mol. The molecule has 0 saturated heterocycles. The standard InChI is InChI=1S/C5H11NO3/c1-3-9-5-4-6(7)8-2/h3,7H,1,4-5H2,2H3. The maximum atomic E-state index is 8.58. The highest BCUT2D eigenvalue weighted by atomic mass is 16.9. The highest BCUT2D eigenvalue weighted by Crippen LogP contribution is 1.80. The van der Waals surface area contributed by atoms with Crippen LogP contribution in [0.4, 0.5) is 0 Å². The minimum Gasteiger partial charge on any atom is -0.500 e. The van der Waals surface area contributed by atoms with Crippen molar-refractivity contribution in [3.63, 3.8) is 0 Å². The average Bonchev–Trinajstić information content (AvgIpc) is 1.89. The number of hydrogen-bond donors (Lipinski definition) is 1. The lowest BCUT2D eigenvalue weighted by Crippen LogP contribution is -2.21. The van der Waals surface area contributed by atoms with E-state index in [0.717, 1.165) is 0 Å². The summed E-state index contributed by atoms with van der Waals surface area (Å²) >= 11 is 0. The van der Waals surface area contributed by atoms with Crippen LogP contribution in [0.5, 0.6) is 0 Å². The van der Waals surface area contributed by atoms with E-state index >= 15 is 0 Å². The van der Waals surface area contributed by atoms with Crippen LogP contribution in [0.25, 0.3) is 0 Å². The smallest absolute Gasteiger partial charge is 0.105 e. The third kappa shape index (κ3) is 5.29. The quantitative estimate of drug-likeness (QED) is 0.335. The Hall–Kier alpha value is -0.580. The molecule has 0 heterocycles. The van der Waals surface area contributed by atoms with Gasteiger partial charge in [0.1, 0.15) is 6.61 Å². The molecule has 0 aliphatic heterocycles. The number of rotatable bonds is 5. The Bertz CT molecular complexity index is 76.6. The first-order valence-corrected chi connectivity index (χ1v) is 2.54. The van der Waals surface area contributed by atoms with Gasteiger partial charge >= 0.3 is 0 Å². The third-order valence-electron chi connectivity index (χ3n) is 0.729. The lowest BCUT2D eigenvalue weighted by Gasteiger charge is -2.09. The van der Waals surface area contributed by atoms with Gasteiger partial charge in [-0.05, 0) is 0 Å². The Morgan fingerprint density at radius 2 is 2.44 bits per heavy atom. The highest BCUT2D eigenvalue weighted by Gasteiger charge is 1.93. The first-order chi connectivity index (χ1) is 4.31. The molecule has 0 aliphatic carbocycles. The first kappa shape index (κ1) is 8.42. The minimum atomic E-state index is 0.308. The van der Waals surface area contributed by atoms with Crippen molar-refractivity contribution in [1.82, 2.24) is 5.23 Å². The van der Waals surface area contributed by atoms with Gasteiger partial charge in [-0.1, -0.05) is 11.8 Å². The second-order valence-corrected chi connectivity index (χ2v) is 1.30. The van der Waals surface area contributed by atoms with Crippen molar-refractivity contribution in [3.05, 3.63) is 12.8 Å². The van der Waals surface area contributed by atoms with E-state index in [1.165, 1.54) is 13.4 Å². The summed E-state index contributed by atoms with van der Waals surface area (Å²) in [7, 11) is 1.37. The number of hydroxylamine groups is 2. The molecule has 0 atom stereocenters. The summed E-state index contributed by atoms with van der Waals surface area (Å²) in [5.74, 6) is 0. The van der Waals surface area contributed by atoms with Crippen molar-refractivity contribution in [3.8, 4) is 0 Å². The van der Waals surface area contributed by atoms with Crippen molar-refractivity contribution < 1.29 is 14.8 Å². The Morgan fingerprint density at radius 3 is 2.89 bits per heavy atom. The lowest BCUT2D eigenvalue weighted by atomic mass is 10.7. The molecule has 0 fully saturated rings. The second kappa shape index (κ2) is 5.55. The molecule has 0 unspecified atom stereocenters. The molecule has 0 aromatic carbocycles. The fourth-order valence-electron chi connectivity index (χ4n) is 0.305. The molecule has 0 aromatic heterocycles. The summed E-state index contributed by atoms with van der Waals surface area (Å²) in [4.78, 5) is 4.37. The van der Waals surface area contributed by atoms with Crippen LogP contribution in [0.3, 0.4) is 0 Å². The summed E-state index contributed by atoms with van der Waals surface area (Å²) in [6.07, 6.45) is 1.31. The molecule has 0 aliphatic rings. The highest BCUT2D eigenvalue weighted by molar-refractivity contribution is 4.48. The summed E-state index contributed by atoms with van der Waals surface area (Å²) in [6.45, 7) is 4.00. The van der Waals surface area contributed by atoms with Crippen LogP contribution in [0.15, 0.2) is 12.8 Å². The van der Waals surface area contributed by atoms with Crippen LogP contribution in [-0.4, -0.2) is 30.7 Å². The molecule has 0 spiro atoms. The van der Waals surface area contributed by atoms with Gasteiger partial charge in [0, 0.05) is 0 Å². The molecule has 0 amide bonds. The Morgan fingerprint density at radius 1 is 1.78 bits per heavy atom. The molecule has 0 radical (unpaired) electrons. The summed E-state index contributed by atoms with van der Waals surface area (Å²) in [6, 6.07) is 0. The van der Waals surface area contributed by atoms with Crippen molar-refractivity contribution in [2.75, 3.05) is 20.3 Å². The van der Waals surface area contributed by atoms with Gasteiger partial charge in [-0.3, -0.25) is 10.0 Å². The van der Waals surface area contributed by atoms with Gasteiger partial charge < -0.3 is 4.74 Å². The number of nitrogens with zero attached hydrogens (tertiary/aromatic N) is 1. The summed E-state index contributed by atoms with van der Waals surface area (Å²) < 4.78 is 4.69. The molecule has 9 heavy (non-hydrogen) atoms. The van der Waals surface area contributed by atoms with E-state index in [9.17, 15) is 0 Å². The predicted octanol–water partition coefficient (Wildman–Crippen LogP) is 0.399. The Labute approximate surface area is 54.2 Å². The SMILES string of the molecule is C=COCCN(O)OC. The van der Waals surface area contributed by atoms with E-state index in [2.05, 4.69) is 16.2 Å². The zero-order chi connectivity index (χ0) is 7.11. The maximum Gasteiger partial charge on any atom is 0.105 e. The van der Waals surface area contributed by atoms with Gasteiger partial charge in [0.15, 0.2) is 0 Å². The molecule has 54 valence electrons. The fourth-order valence-corrected chi connectivity index (χ4v) is 0.305. The zero-order valence-corrected chi connectivity index (χ0v) is 5.41. The Balaban J connectivity index is 2.96. The van der Waals surface area contributed by atoms with E-state index in [4.69, 9.17) is 5.21 Å². The summed E-state index contributed by atoms with van der Waals surface area (Å²) in [5, 5.41) is 9.27. The van der Waals surface area contributed by atoms with Crippen molar-refractivity contribution in [1.29, 1.82) is 0 Å². The molecule has 0 aromatic rings. The monoisotopic (exact) mass is 133 g/mol. The van der Waals surface area contributed by atoms with Crippen LogP contribution in [0, 0.1) is 0 Å². The van der Waals surface area contributed by atoms with Crippen LogP contribution in [0.1, 0.15) is 0 Å². The summed E-state index contributed by atoms with van der Waals surface area (Å²) in [5.41, 5.74) is 0. The second-order valence-electron chi connectivity index (χ2n) is 1.30. The van der Waals surface area contributed by atoms with Gasteiger partial charge in [-0.15, -0.1) is 0 Å². The van der Waals surface area contributed by atoms with E-state index in [1.54, 1.807) is 0 Å². The maximum absolute atomic E-state index is 8.58. The topological polar surface area (TPSA) is 41.9 Å². The van der Waals surface area contributed by atoms with Crippen molar-refractivity contribution in [2.24, 2.45) is 0 Å². The molecular weight excluding hydrogens is 122 g/mol. The molecule has 0 rings (SSSR count). The van der Waals surface area contributed by atoms with Crippen LogP contribution in [0.2, 0.25) is 0 Å². The van der Waals surface area contributed by atoms with E-state index in [1.807, 2.05) is 0 Å². The van der Waals surface area contributed by atoms with Gasteiger partial charge in [-0.2, -0.15) is 0 Å². The lowest BCUT2D eigenvalue weighted by molar-refractivity contribution is -0.327. The molecular formula is C5H11NO3.